The number of aliphatic hydroxyl groups is 1. The highest BCUT2D eigenvalue weighted by atomic mass is 16.6. The fraction of sp³-hybridized carbons (Fsp3) is 0.753. The van der Waals surface area contributed by atoms with Crippen molar-refractivity contribution in [2.24, 2.45) is 0 Å². The maximum absolute atomic E-state index is 12.4. The SMILES string of the molecule is CC/C=C\C/C=C\C/C=C\C/C=C\C/C=C\C/C=C\C/C=C\C/C=C\C/C=C\CCCCCCCCCCCCCCCC(=O)OC(CO)COC(=O)CCCCCCCCCCCCCCCCCCCCCCCCCCCCCCCCC. The van der Waals surface area contributed by atoms with Crippen molar-refractivity contribution in [1.82, 2.24) is 0 Å². The molecular formula is C81H142O5. The van der Waals surface area contributed by atoms with E-state index in [0.717, 1.165) is 96.3 Å². The topological polar surface area (TPSA) is 72.8 Å². The van der Waals surface area contributed by atoms with E-state index in [-0.39, 0.29) is 25.2 Å². The zero-order valence-electron chi connectivity index (χ0n) is 57.1. The van der Waals surface area contributed by atoms with E-state index in [1.807, 2.05) is 0 Å². The maximum Gasteiger partial charge on any atom is 0.306 e. The lowest BCUT2D eigenvalue weighted by Gasteiger charge is -2.15. The molecule has 0 amide bonds. The average Bonchev–Trinajstić information content (AvgIpc) is 3.54. The molecule has 0 aromatic heterocycles. The average molecular weight is 1200 g/mol. The number of unbranched alkanes of at least 4 members (excludes halogenated alkanes) is 43. The lowest BCUT2D eigenvalue weighted by molar-refractivity contribution is -0.161. The van der Waals surface area contributed by atoms with Gasteiger partial charge in [-0.25, -0.2) is 0 Å². The Hall–Kier alpha value is -3.44. The molecule has 0 fully saturated rings. The van der Waals surface area contributed by atoms with E-state index < -0.39 is 6.10 Å². The summed E-state index contributed by atoms with van der Waals surface area (Å²) in [6.45, 7) is 4.07. The second-order valence-corrected chi connectivity index (χ2v) is 25.0. The summed E-state index contributed by atoms with van der Waals surface area (Å²) >= 11 is 0. The molecule has 496 valence electrons. The first-order valence-electron chi connectivity index (χ1n) is 37.4. The van der Waals surface area contributed by atoms with Crippen LogP contribution in [0.2, 0.25) is 0 Å². The Morgan fingerprint density at radius 2 is 0.500 bits per heavy atom. The first kappa shape index (κ1) is 82.6. The third kappa shape index (κ3) is 73.0. The molecule has 0 aromatic carbocycles. The Morgan fingerprint density at radius 3 is 0.756 bits per heavy atom. The fourth-order valence-corrected chi connectivity index (χ4v) is 11.0. The molecule has 1 N–H and O–H groups in total. The Kier molecular flexibility index (Phi) is 72.8. The van der Waals surface area contributed by atoms with Gasteiger partial charge in [-0.1, -0.05) is 386 Å². The lowest BCUT2D eigenvalue weighted by atomic mass is 10.0. The highest BCUT2D eigenvalue weighted by molar-refractivity contribution is 5.70. The predicted molar refractivity (Wildman–Crippen MR) is 380 cm³/mol. The molecule has 0 radical (unpaired) electrons. The molecule has 1 atom stereocenters. The van der Waals surface area contributed by atoms with Crippen LogP contribution in [0, 0.1) is 0 Å². The Balaban J connectivity index is 3.47. The van der Waals surface area contributed by atoms with E-state index in [1.54, 1.807) is 0 Å². The van der Waals surface area contributed by atoms with Gasteiger partial charge >= 0.3 is 11.9 Å². The third-order valence-electron chi connectivity index (χ3n) is 16.6. The number of ether oxygens (including phenoxy) is 2. The molecule has 0 bridgehead atoms. The largest absolute Gasteiger partial charge is 0.462 e. The van der Waals surface area contributed by atoms with Gasteiger partial charge in [-0.15, -0.1) is 0 Å². The molecule has 1 unspecified atom stereocenters. The zero-order chi connectivity index (χ0) is 61.9. The van der Waals surface area contributed by atoms with Gasteiger partial charge in [0.2, 0.25) is 0 Å². The van der Waals surface area contributed by atoms with E-state index >= 15 is 0 Å². The number of allylic oxidation sites excluding steroid dienone is 18. The van der Waals surface area contributed by atoms with E-state index in [1.165, 1.54) is 250 Å². The predicted octanol–water partition coefficient (Wildman–Crippen LogP) is 26.3. The summed E-state index contributed by atoms with van der Waals surface area (Å²) < 4.78 is 10.8. The van der Waals surface area contributed by atoms with Crippen LogP contribution >= 0.6 is 0 Å². The van der Waals surface area contributed by atoms with E-state index in [4.69, 9.17) is 9.47 Å². The van der Waals surface area contributed by atoms with Crippen LogP contribution in [0.25, 0.3) is 0 Å². The minimum Gasteiger partial charge on any atom is -0.462 e. The zero-order valence-corrected chi connectivity index (χ0v) is 57.1. The number of hydrogen-bond donors (Lipinski definition) is 1. The normalized spacial score (nSPS) is 12.8. The molecule has 0 aliphatic rings. The quantitative estimate of drug-likeness (QED) is 0.0373. The van der Waals surface area contributed by atoms with E-state index in [2.05, 4.69) is 123 Å². The Morgan fingerprint density at radius 1 is 0.279 bits per heavy atom. The summed E-state index contributed by atoms with van der Waals surface area (Å²) in [7, 11) is 0. The van der Waals surface area contributed by atoms with Crippen LogP contribution in [0.15, 0.2) is 109 Å². The molecule has 0 spiro atoms. The van der Waals surface area contributed by atoms with Crippen LogP contribution in [-0.4, -0.2) is 36.4 Å². The van der Waals surface area contributed by atoms with Crippen LogP contribution in [-0.2, 0) is 19.1 Å². The molecule has 0 heterocycles. The monoisotopic (exact) mass is 1200 g/mol. The first-order valence-corrected chi connectivity index (χ1v) is 37.4. The molecule has 0 saturated heterocycles. The van der Waals surface area contributed by atoms with Crippen molar-refractivity contribution in [1.29, 1.82) is 0 Å². The van der Waals surface area contributed by atoms with Gasteiger partial charge in [0.05, 0.1) is 6.61 Å². The van der Waals surface area contributed by atoms with E-state index in [9.17, 15) is 14.7 Å². The summed E-state index contributed by atoms with van der Waals surface area (Å²) in [5, 5.41) is 9.72. The summed E-state index contributed by atoms with van der Waals surface area (Å²) in [5.41, 5.74) is 0. The van der Waals surface area contributed by atoms with Crippen molar-refractivity contribution in [3.63, 3.8) is 0 Å². The number of esters is 2. The van der Waals surface area contributed by atoms with E-state index in [0.29, 0.717) is 12.8 Å². The van der Waals surface area contributed by atoms with Crippen molar-refractivity contribution in [2.45, 2.75) is 380 Å². The van der Waals surface area contributed by atoms with Crippen molar-refractivity contribution in [3.05, 3.63) is 109 Å². The molecule has 0 rings (SSSR count). The second kappa shape index (κ2) is 75.8. The molecule has 5 heteroatoms. The molecular weight excluding hydrogens is 1050 g/mol. The lowest BCUT2D eigenvalue weighted by Crippen LogP contribution is -2.28. The number of aliphatic hydroxyl groups excluding tert-OH is 1. The van der Waals surface area contributed by atoms with Crippen LogP contribution < -0.4 is 0 Å². The van der Waals surface area contributed by atoms with Crippen molar-refractivity contribution in [3.8, 4) is 0 Å². The summed E-state index contributed by atoms with van der Waals surface area (Å²) in [4.78, 5) is 24.7. The molecule has 0 aromatic rings. The molecule has 5 nitrogen and oxygen atoms in total. The van der Waals surface area contributed by atoms with Gasteiger partial charge in [0.15, 0.2) is 6.10 Å². The van der Waals surface area contributed by atoms with Crippen LogP contribution in [0.3, 0.4) is 0 Å². The van der Waals surface area contributed by atoms with Gasteiger partial charge in [0, 0.05) is 12.8 Å². The van der Waals surface area contributed by atoms with Gasteiger partial charge in [0.25, 0.3) is 0 Å². The number of rotatable bonds is 69. The van der Waals surface area contributed by atoms with Gasteiger partial charge in [0.1, 0.15) is 6.61 Å². The first-order chi connectivity index (χ1) is 42.6. The van der Waals surface area contributed by atoms with Crippen molar-refractivity contribution >= 4 is 11.9 Å². The van der Waals surface area contributed by atoms with Crippen LogP contribution in [0.5, 0.6) is 0 Å². The highest BCUT2D eigenvalue weighted by Crippen LogP contribution is 2.19. The van der Waals surface area contributed by atoms with Crippen molar-refractivity contribution < 1.29 is 24.2 Å². The van der Waals surface area contributed by atoms with Gasteiger partial charge < -0.3 is 14.6 Å². The molecule has 0 aliphatic carbocycles. The Labute approximate surface area is 535 Å². The van der Waals surface area contributed by atoms with Gasteiger partial charge in [-0.05, 0) is 83.5 Å². The molecule has 0 saturated carbocycles. The van der Waals surface area contributed by atoms with Crippen LogP contribution in [0.1, 0.15) is 373 Å². The maximum atomic E-state index is 12.4. The second-order valence-electron chi connectivity index (χ2n) is 25.0. The minimum absolute atomic E-state index is 0.0654. The Bertz CT molecular complexity index is 1640. The summed E-state index contributed by atoms with van der Waals surface area (Å²) in [5.74, 6) is -0.577. The molecule has 86 heavy (non-hydrogen) atoms. The number of hydrogen-bond acceptors (Lipinski definition) is 5. The van der Waals surface area contributed by atoms with Gasteiger partial charge in [-0.2, -0.15) is 0 Å². The van der Waals surface area contributed by atoms with Crippen LogP contribution in [0.4, 0.5) is 0 Å². The third-order valence-corrected chi connectivity index (χ3v) is 16.6. The summed E-state index contributed by atoms with van der Waals surface area (Å²) in [6.07, 6.45) is 110. The number of carbonyl (C=O) groups excluding carboxylic acids is 2. The summed E-state index contributed by atoms with van der Waals surface area (Å²) in [6, 6.07) is 0. The standard InChI is InChI=1S/C81H142O5/c1-3-5-7-9-11-13-15-17-19-21-23-25-27-29-31-33-35-36-37-38-39-40-41-42-43-44-46-48-50-52-54-56-58-60-62-64-66-68-70-72-74-76-81(84)86-79(77-82)78-85-80(83)75-73-71-69-67-65-63-61-59-57-55-53-51-49-47-45-34-32-30-28-26-24-22-20-18-16-14-12-10-8-6-4-2/h5,7,11,13,17,19,23,25,29,31,35-36,38-39,41-42,44,46,79,82H,3-4,6,8-10,12,14-16,18,20-22,24,26-28,30,32-34,37,40,43,45,47-78H2,1-2H3/b7-5-,13-11-,19-17-,25-23-,31-29-,36-35-,39-38-,42-41-,46-44-. The van der Waals surface area contributed by atoms with Gasteiger partial charge in [-0.3, -0.25) is 9.59 Å². The number of carbonyl (C=O) groups is 2. The minimum atomic E-state index is -0.777. The van der Waals surface area contributed by atoms with Crippen molar-refractivity contribution in [2.75, 3.05) is 13.2 Å². The smallest absolute Gasteiger partial charge is 0.306 e. The highest BCUT2D eigenvalue weighted by Gasteiger charge is 2.16. The fourth-order valence-electron chi connectivity index (χ4n) is 11.0. The molecule has 0 aliphatic heterocycles.